The maximum absolute atomic E-state index is 12.7. The Morgan fingerprint density at radius 2 is 1.48 bits per heavy atom. The van der Waals surface area contributed by atoms with Crippen LogP contribution in [0.1, 0.15) is 10.4 Å². The molecule has 7 nitrogen and oxygen atoms in total. The summed E-state index contributed by atoms with van der Waals surface area (Å²) in [6.45, 7) is -0.822. The van der Waals surface area contributed by atoms with E-state index < -0.39 is 30.2 Å². The molecule has 0 radical (unpaired) electrons. The number of Topliss-reactive ketones (excluding diaryl/α,β-unsaturated/α-hetero) is 1. The highest BCUT2D eigenvalue weighted by atomic mass is 16.3. The second-order valence-corrected chi connectivity index (χ2v) is 5.96. The summed E-state index contributed by atoms with van der Waals surface area (Å²) in [7, 11) is 4.58. The lowest BCUT2D eigenvalue weighted by atomic mass is 10.0. The van der Waals surface area contributed by atoms with Gasteiger partial charge in [0.1, 0.15) is 6.61 Å². The van der Waals surface area contributed by atoms with Gasteiger partial charge in [-0.1, -0.05) is 24.3 Å². The number of amides is 2. The molecule has 0 bridgehead atoms. The number of carbonyl (C=O) groups excluding carboxylic acids is 3. The summed E-state index contributed by atoms with van der Waals surface area (Å²) < 4.78 is 0. The minimum absolute atomic E-state index is 0.340. The normalized spacial score (nSPS) is 11.4. The van der Waals surface area contributed by atoms with Crippen LogP contribution in [0, 0.1) is 0 Å². The number of nitrogens with one attached hydrogen (secondary N) is 2. The van der Waals surface area contributed by atoms with Gasteiger partial charge in [-0.2, -0.15) is 0 Å². The van der Waals surface area contributed by atoms with Gasteiger partial charge in [0.2, 0.25) is 5.91 Å². The van der Waals surface area contributed by atoms with E-state index in [0.29, 0.717) is 5.56 Å². The average molecular weight is 369 g/mol. The van der Waals surface area contributed by atoms with Gasteiger partial charge in [0, 0.05) is 32.4 Å². The number of hydrogen-bond donors (Lipinski definition) is 3. The van der Waals surface area contributed by atoms with E-state index in [-0.39, 0.29) is 0 Å². The molecule has 0 spiro atoms. The molecule has 2 aromatic rings. The molecule has 0 aliphatic carbocycles. The number of carbonyl (C=O) groups is 3. The standard InChI is InChI=1S/C20H23N3O4/c1-21-16-10-8-14(9-11-16)13-4-6-15(7-5-13)20(27)23(3)18(17(25)12-24)19(26)22-2/h4-11,18,21,24H,12H2,1-3H3,(H,22,26). The van der Waals surface area contributed by atoms with Crippen LogP contribution in [-0.2, 0) is 9.59 Å². The van der Waals surface area contributed by atoms with Crippen LogP contribution in [0.2, 0.25) is 0 Å². The smallest absolute Gasteiger partial charge is 0.254 e. The summed E-state index contributed by atoms with van der Waals surface area (Å²) in [5.41, 5.74) is 3.28. The van der Waals surface area contributed by atoms with Crippen LogP contribution >= 0.6 is 0 Å². The number of aliphatic hydroxyl groups excluding tert-OH is 1. The van der Waals surface area contributed by atoms with Crippen LogP contribution in [0.15, 0.2) is 48.5 Å². The van der Waals surface area contributed by atoms with Crippen LogP contribution in [0.4, 0.5) is 5.69 Å². The number of ketones is 1. The quantitative estimate of drug-likeness (QED) is 0.636. The minimum Gasteiger partial charge on any atom is -0.388 e. The fourth-order valence-corrected chi connectivity index (χ4v) is 2.72. The van der Waals surface area contributed by atoms with Crippen molar-refractivity contribution in [1.29, 1.82) is 0 Å². The maximum atomic E-state index is 12.7. The Kier molecular flexibility index (Phi) is 6.67. The van der Waals surface area contributed by atoms with E-state index >= 15 is 0 Å². The Morgan fingerprint density at radius 3 is 1.93 bits per heavy atom. The first-order valence-electron chi connectivity index (χ1n) is 8.43. The van der Waals surface area contributed by atoms with Crippen molar-refractivity contribution < 1.29 is 19.5 Å². The van der Waals surface area contributed by atoms with Crippen molar-refractivity contribution in [3.8, 4) is 11.1 Å². The second kappa shape index (κ2) is 8.95. The van der Waals surface area contributed by atoms with E-state index in [0.717, 1.165) is 21.7 Å². The zero-order valence-corrected chi connectivity index (χ0v) is 15.5. The minimum atomic E-state index is -1.37. The zero-order valence-electron chi connectivity index (χ0n) is 15.5. The molecule has 0 fully saturated rings. The molecule has 0 aliphatic heterocycles. The van der Waals surface area contributed by atoms with Crippen molar-refractivity contribution in [2.45, 2.75) is 6.04 Å². The van der Waals surface area contributed by atoms with Crippen LogP contribution in [0.5, 0.6) is 0 Å². The Bertz CT molecular complexity index is 800. The fourth-order valence-electron chi connectivity index (χ4n) is 2.72. The summed E-state index contributed by atoms with van der Waals surface area (Å²) in [6.07, 6.45) is 0. The van der Waals surface area contributed by atoms with Gasteiger partial charge in [-0.05, 0) is 35.4 Å². The van der Waals surface area contributed by atoms with Crippen molar-refractivity contribution in [3.63, 3.8) is 0 Å². The number of rotatable bonds is 7. The molecule has 27 heavy (non-hydrogen) atoms. The molecule has 1 atom stereocenters. The molecule has 0 aliphatic rings. The summed E-state index contributed by atoms with van der Waals surface area (Å²) in [6, 6.07) is 13.4. The number of anilines is 1. The molecule has 2 aromatic carbocycles. The Morgan fingerprint density at radius 1 is 0.963 bits per heavy atom. The third kappa shape index (κ3) is 4.51. The molecule has 142 valence electrons. The Labute approximate surface area is 158 Å². The molecular formula is C20H23N3O4. The third-order valence-electron chi connectivity index (χ3n) is 4.30. The van der Waals surface area contributed by atoms with E-state index in [1.54, 1.807) is 24.3 Å². The number of nitrogens with zero attached hydrogens (tertiary/aromatic N) is 1. The monoisotopic (exact) mass is 369 g/mol. The van der Waals surface area contributed by atoms with Gasteiger partial charge in [-0.3, -0.25) is 14.4 Å². The zero-order chi connectivity index (χ0) is 20.0. The molecule has 0 aromatic heterocycles. The Hall–Kier alpha value is -3.19. The van der Waals surface area contributed by atoms with Gasteiger partial charge in [-0.25, -0.2) is 0 Å². The molecule has 0 saturated carbocycles. The SMILES string of the molecule is CNC(=O)C(C(=O)CO)N(C)C(=O)c1ccc(-c2ccc(NC)cc2)cc1. The van der Waals surface area contributed by atoms with Crippen molar-refractivity contribution in [3.05, 3.63) is 54.1 Å². The summed E-state index contributed by atoms with van der Waals surface area (Å²) in [5, 5.41) is 14.5. The molecule has 2 rings (SSSR count). The molecule has 3 N–H and O–H groups in total. The molecular weight excluding hydrogens is 346 g/mol. The first kappa shape index (κ1) is 20.1. The van der Waals surface area contributed by atoms with E-state index in [1.807, 2.05) is 31.3 Å². The molecule has 0 saturated heterocycles. The predicted molar refractivity (Wildman–Crippen MR) is 103 cm³/mol. The third-order valence-corrected chi connectivity index (χ3v) is 4.30. The van der Waals surface area contributed by atoms with E-state index in [4.69, 9.17) is 5.11 Å². The highest BCUT2D eigenvalue weighted by Gasteiger charge is 2.32. The Balaban J connectivity index is 2.22. The van der Waals surface area contributed by atoms with E-state index in [2.05, 4.69) is 10.6 Å². The highest BCUT2D eigenvalue weighted by molar-refractivity contribution is 6.10. The molecule has 7 heteroatoms. The lowest BCUT2D eigenvalue weighted by molar-refractivity contribution is -0.135. The lowest BCUT2D eigenvalue weighted by Gasteiger charge is -2.25. The summed E-state index contributed by atoms with van der Waals surface area (Å²) >= 11 is 0. The van der Waals surface area contributed by atoms with E-state index in [1.165, 1.54) is 14.1 Å². The van der Waals surface area contributed by atoms with Gasteiger partial charge >= 0.3 is 0 Å². The number of benzene rings is 2. The second-order valence-electron chi connectivity index (χ2n) is 5.96. The summed E-state index contributed by atoms with van der Waals surface area (Å²) in [4.78, 5) is 37.5. The average Bonchev–Trinajstić information content (AvgIpc) is 2.73. The first-order valence-corrected chi connectivity index (χ1v) is 8.43. The van der Waals surface area contributed by atoms with Gasteiger partial charge in [0.05, 0.1) is 0 Å². The van der Waals surface area contributed by atoms with Crippen molar-refractivity contribution in [2.24, 2.45) is 0 Å². The summed E-state index contributed by atoms with van der Waals surface area (Å²) in [5.74, 6) is -1.87. The van der Waals surface area contributed by atoms with Gasteiger partial charge in [0.15, 0.2) is 11.8 Å². The highest BCUT2D eigenvalue weighted by Crippen LogP contribution is 2.22. The van der Waals surface area contributed by atoms with Gasteiger partial charge in [-0.15, -0.1) is 0 Å². The van der Waals surface area contributed by atoms with Crippen molar-refractivity contribution in [1.82, 2.24) is 10.2 Å². The molecule has 0 heterocycles. The topological polar surface area (TPSA) is 98.7 Å². The lowest BCUT2D eigenvalue weighted by Crippen LogP contribution is -2.52. The van der Waals surface area contributed by atoms with Crippen LogP contribution in [0.3, 0.4) is 0 Å². The van der Waals surface area contributed by atoms with Crippen LogP contribution in [0.25, 0.3) is 11.1 Å². The van der Waals surface area contributed by atoms with Crippen LogP contribution < -0.4 is 10.6 Å². The van der Waals surface area contributed by atoms with Crippen molar-refractivity contribution in [2.75, 3.05) is 33.1 Å². The van der Waals surface area contributed by atoms with E-state index in [9.17, 15) is 14.4 Å². The maximum Gasteiger partial charge on any atom is 0.254 e. The number of aliphatic hydroxyl groups is 1. The van der Waals surface area contributed by atoms with Gasteiger partial charge < -0.3 is 20.6 Å². The largest absolute Gasteiger partial charge is 0.388 e. The number of likely N-dealkylation sites (N-methyl/N-ethyl adjacent to an activating group) is 2. The van der Waals surface area contributed by atoms with Gasteiger partial charge in [0.25, 0.3) is 5.91 Å². The van der Waals surface area contributed by atoms with Crippen molar-refractivity contribution >= 4 is 23.3 Å². The molecule has 1 unspecified atom stereocenters. The fraction of sp³-hybridized carbons (Fsp3) is 0.250. The predicted octanol–water partition coefficient (Wildman–Crippen LogP) is 1.14. The number of hydrogen-bond acceptors (Lipinski definition) is 5. The molecule has 2 amide bonds. The first-order chi connectivity index (χ1) is 12.9. The van der Waals surface area contributed by atoms with Crippen LogP contribution in [-0.4, -0.2) is 61.4 Å².